The monoisotopic (exact) mass is 317 g/mol. The van der Waals surface area contributed by atoms with Gasteiger partial charge in [0.15, 0.2) is 0 Å². The molecule has 0 saturated heterocycles. The topological polar surface area (TPSA) is 21.3 Å². The molecule has 102 valence electrons. The Labute approximate surface area is 117 Å². The molecule has 1 aromatic rings. The second kappa shape index (κ2) is 8.62. The maximum absolute atomic E-state index is 13.4. The first-order chi connectivity index (χ1) is 8.69. The van der Waals surface area contributed by atoms with Crippen molar-refractivity contribution in [1.29, 1.82) is 0 Å². The molecule has 0 radical (unpaired) electrons. The highest BCUT2D eigenvalue weighted by Crippen LogP contribution is 2.23. The second-order valence-corrected chi connectivity index (χ2v) is 5.18. The van der Waals surface area contributed by atoms with E-state index in [9.17, 15) is 4.39 Å². The molecule has 1 N–H and O–H groups in total. The molecule has 1 rings (SSSR count). The summed E-state index contributed by atoms with van der Waals surface area (Å²) in [6, 6.07) is 5.22. The van der Waals surface area contributed by atoms with E-state index >= 15 is 0 Å². The average Bonchev–Trinajstić information content (AvgIpc) is 2.38. The van der Waals surface area contributed by atoms with Crippen LogP contribution >= 0.6 is 15.9 Å². The molecule has 0 saturated carbocycles. The number of benzene rings is 1. The van der Waals surface area contributed by atoms with E-state index in [-0.39, 0.29) is 5.82 Å². The highest BCUT2D eigenvalue weighted by molar-refractivity contribution is 9.10. The fourth-order valence-corrected chi connectivity index (χ4v) is 2.28. The summed E-state index contributed by atoms with van der Waals surface area (Å²) in [6.07, 6.45) is 1.96. The highest BCUT2D eigenvalue weighted by Gasteiger charge is 2.11. The van der Waals surface area contributed by atoms with Gasteiger partial charge in [0.25, 0.3) is 0 Å². The summed E-state index contributed by atoms with van der Waals surface area (Å²) in [5.74, 6) is 0.328. The summed E-state index contributed by atoms with van der Waals surface area (Å²) in [7, 11) is 1.70. The minimum absolute atomic E-state index is 0.185. The van der Waals surface area contributed by atoms with Crippen molar-refractivity contribution in [3.63, 3.8) is 0 Å². The number of methoxy groups -OCH3 is 1. The van der Waals surface area contributed by atoms with Gasteiger partial charge in [0, 0.05) is 13.7 Å². The van der Waals surface area contributed by atoms with Gasteiger partial charge in [-0.05, 0) is 46.4 Å². The van der Waals surface area contributed by atoms with E-state index in [1.54, 1.807) is 13.2 Å². The van der Waals surface area contributed by atoms with Crippen molar-refractivity contribution in [3.8, 4) is 0 Å². The van der Waals surface area contributed by atoms with Gasteiger partial charge in [-0.25, -0.2) is 4.39 Å². The molecule has 0 amide bonds. The predicted molar refractivity (Wildman–Crippen MR) is 76.3 cm³/mol. The van der Waals surface area contributed by atoms with Crippen LogP contribution in [0.15, 0.2) is 22.7 Å². The predicted octanol–water partition coefficient (Wildman–Crippen LogP) is 3.39. The van der Waals surface area contributed by atoms with Crippen LogP contribution in [0.5, 0.6) is 0 Å². The maximum Gasteiger partial charge on any atom is 0.137 e. The largest absolute Gasteiger partial charge is 0.383 e. The molecule has 2 nitrogen and oxygen atoms in total. The molecule has 0 bridgehead atoms. The lowest BCUT2D eigenvalue weighted by Gasteiger charge is -2.16. The number of halogens is 2. The van der Waals surface area contributed by atoms with Crippen molar-refractivity contribution >= 4 is 15.9 Å². The molecule has 0 aromatic heterocycles. The van der Waals surface area contributed by atoms with Gasteiger partial charge in [0.1, 0.15) is 5.82 Å². The third-order valence-electron chi connectivity index (χ3n) is 3.03. The molecule has 0 heterocycles. The summed E-state index contributed by atoms with van der Waals surface area (Å²) in [5, 5.41) is 3.36. The molecule has 4 heteroatoms. The van der Waals surface area contributed by atoms with E-state index in [1.807, 2.05) is 6.07 Å². The standard InChI is InChI=1S/C14H21BrFNO/c1-3-11(10-17-7-8-18-2)9-12-5-4-6-13(16)14(12)15/h4-6,11,17H,3,7-10H2,1-2H3. The normalized spacial score (nSPS) is 12.7. The minimum Gasteiger partial charge on any atom is -0.383 e. The first-order valence-electron chi connectivity index (χ1n) is 6.31. The maximum atomic E-state index is 13.4. The Kier molecular flexibility index (Phi) is 7.47. The van der Waals surface area contributed by atoms with E-state index < -0.39 is 0 Å². The summed E-state index contributed by atoms with van der Waals surface area (Å²) in [6.45, 7) is 4.68. The van der Waals surface area contributed by atoms with E-state index in [0.29, 0.717) is 10.4 Å². The van der Waals surface area contributed by atoms with Gasteiger partial charge in [0.05, 0.1) is 11.1 Å². The molecule has 0 aliphatic rings. The molecular weight excluding hydrogens is 297 g/mol. The van der Waals surface area contributed by atoms with Gasteiger partial charge in [0.2, 0.25) is 0 Å². The van der Waals surface area contributed by atoms with Crippen molar-refractivity contribution in [2.24, 2.45) is 5.92 Å². The van der Waals surface area contributed by atoms with Crippen molar-refractivity contribution < 1.29 is 9.13 Å². The number of hydrogen-bond acceptors (Lipinski definition) is 2. The van der Waals surface area contributed by atoms with E-state index in [4.69, 9.17) is 4.74 Å². The lowest BCUT2D eigenvalue weighted by molar-refractivity contribution is 0.197. The number of ether oxygens (including phenoxy) is 1. The third-order valence-corrected chi connectivity index (χ3v) is 3.92. The average molecular weight is 318 g/mol. The Hall–Kier alpha value is -0.450. The van der Waals surface area contributed by atoms with E-state index in [1.165, 1.54) is 6.07 Å². The molecule has 0 fully saturated rings. The Balaban J connectivity index is 2.49. The van der Waals surface area contributed by atoms with E-state index in [0.717, 1.165) is 38.1 Å². The van der Waals surface area contributed by atoms with Crippen LogP contribution in [-0.2, 0) is 11.2 Å². The third kappa shape index (κ3) is 5.04. The summed E-state index contributed by atoms with van der Waals surface area (Å²) < 4.78 is 19.0. The van der Waals surface area contributed by atoms with Crippen molar-refractivity contribution in [3.05, 3.63) is 34.1 Å². The molecule has 0 spiro atoms. The quantitative estimate of drug-likeness (QED) is 0.742. The Morgan fingerprint density at radius 2 is 2.22 bits per heavy atom. The fraction of sp³-hybridized carbons (Fsp3) is 0.571. The van der Waals surface area contributed by atoms with Crippen LogP contribution < -0.4 is 5.32 Å². The van der Waals surface area contributed by atoms with Crippen LogP contribution in [0.25, 0.3) is 0 Å². The molecular formula is C14H21BrFNO. The van der Waals surface area contributed by atoms with Gasteiger partial charge in [-0.2, -0.15) is 0 Å². The highest BCUT2D eigenvalue weighted by atomic mass is 79.9. The molecule has 1 unspecified atom stereocenters. The minimum atomic E-state index is -0.185. The zero-order valence-electron chi connectivity index (χ0n) is 11.0. The summed E-state index contributed by atoms with van der Waals surface area (Å²) in [5.41, 5.74) is 1.04. The first-order valence-corrected chi connectivity index (χ1v) is 7.10. The van der Waals surface area contributed by atoms with Crippen LogP contribution in [-0.4, -0.2) is 26.8 Å². The molecule has 1 atom stereocenters. The molecule has 1 aromatic carbocycles. The molecule has 0 aliphatic carbocycles. The zero-order valence-corrected chi connectivity index (χ0v) is 12.6. The van der Waals surface area contributed by atoms with Crippen molar-refractivity contribution in [2.75, 3.05) is 26.8 Å². The zero-order chi connectivity index (χ0) is 13.4. The van der Waals surface area contributed by atoms with Gasteiger partial charge in [-0.15, -0.1) is 0 Å². The van der Waals surface area contributed by atoms with E-state index in [2.05, 4.69) is 28.2 Å². The van der Waals surface area contributed by atoms with Gasteiger partial charge < -0.3 is 10.1 Å². The van der Waals surface area contributed by atoms with Crippen LogP contribution in [0.1, 0.15) is 18.9 Å². The molecule has 18 heavy (non-hydrogen) atoms. The summed E-state index contributed by atoms with van der Waals surface area (Å²) >= 11 is 3.32. The molecule has 0 aliphatic heterocycles. The van der Waals surface area contributed by atoms with Crippen LogP contribution in [0, 0.1) is 11.7 Å². The number of nitrogens with one attached hydrogen (secondary N) is 1. The lowest BCUT2D eigenvalue weighted by atomic mass is 9.97. The lowest BCUT2D eigenvalue weighted by Crippen LogP contribution is -2.27. The van der Waals surface area contributed by atoms with Gasteiger partial charge in [-0.1, -0.05) is 25.5 Å². The Morgan fingerprint density at radius 1 is 1.44 bits per heavy atom. The Bertz CT molecular complexity index is 360. The van der Waals surface area contributed by atoms with Crippen molar-refractivity contribution in [1.82, 2.24) is 5.32 Å². The second-order valence-electron chi connectivity index (χ2n) is 4.39. The summed E-state index contributed by atoms with van der Waals surface area (Å²) in [4.78, 5) is 0. The SMILES string of the molecule is CCC(CNCCOC)Cc1cccc(F)c1Br. The first kappa shape index (κ1) is 15.6. The van der Waals surface area contributed by atoms with Gasteiger partial charge >= 0.3 is 0 Å². The van der Waals surface area contributed by atoms with Crippen LogP contribution in [0.2, 0.25) is 0 Å². The van der Waals surface area contributed by atoms with Crippen LogP contribution in [0.4, 0.5) is 4.39 Å². The smallest absolute Gasteiger partial charge is 0.137 e. The Morgan fingerprint density at radius 3 is 2.89 bits per heavy atom. The van der Waals surface area contributed by atoms with Crippen molar-refractivity contribution in [2.45, 2.75) is 19.8 Å². The van der Waals surface area contributed by atoms with Gasteiger partial charge in [-0.3, -0.25) is 0 Å². The number of rotatable bonds is 8. The van der Waals surface area contributed by atoms with Crippen LogP contribution in [0.3, 0.4) is 0 Å². The number of hydrogen-bond donors (Lipinski definition) is 1. The fourth-order valence-electron chi connectivity index (χ4n) is 1.86.